The fraction of sp³-hybridized carbons (Fsp3) is 0.619. The molecule has 0 saturated carbocycles. The van der Waals surface area contributed by atoms with Gasteiger partial charge in [0.05, 0.1) is 6.04 Å². The van der Waals surface area contributed by atoms with Gasteiger partial charge in [-0.1, -0.05) is 44.1 Å². The summed E-state index contributed by atoms with van der Waals surface area (Å²) < 4.78 is 5.88. The van der Waals surface area contributed by atoms with Gasteiger partial charge in [-0.15, -0.1) is 0 Å². The van der Waals surface area contributed by atoms with Crippen LogP contribution in [0.1, 0.15) is 46.5 Å². The van der Waals surface area contributed by atoms with E-state index in [-0.39, 0.29) is 45.9 Å². The number of Topliss-reactive ketones (excluding diaryl/α,β-unsaturated/α-hetero) is 1. The number of imide groups is 1. The summed E-state index contributed by atoms with van der Waals surface area (Å²) in [5, 5.41) is 16.7. The van der Waals surface area contributed by atoms with Crippen LogP contribution in [0, 0.1) is 0 Å². The molecule has 3 amide bonds. The van der Waals surface area contributed by atoms with Crippen molar-refractivity contribution >= 4 is 78.4 Å². The van der Waals surface area contributed by atoms with Crippen LogP contribution in [0.15, 0.2) is 22.3 Å². The molecule has 9 nitrogen and oxygen atoms in total. The molecule has 0 aromatic heterocycles. The molecule has 3 aliphatic rings. The topological polar surface area (TPSA) is 125 Å². The van der Waals surface area contributed by atoms with Gasteiger partial charge >= 0.3 is 0 Å². The van der Waals surface area contributed by atoms with Crippen molar-refractivity contribution < 1.29 is 29.0 Å². The fourth-order valence-electron chi connectivity index (χ4n) is 3.21. The highest BCUT2D eigenvalue weighted by Gasteiger charge is 2.38. The lowest BCUT2D eigenvalue weighted by Gasteiger charge is -2.24. The number of hydrogen-bond acceptors (Lipinski definition) is 12. The van der Waals surface area contributed by atoms with Crippen LogP contribution in [0.5, 0.6) is 0 Å². The van der Waals surface area contributed by atoms with Gasteiger partial charge in [-0.2, -0.15) is 0 Å². The second-order valence-corrected chi connectivity index (χ2v) is 15.6. The molecular formula is C21H29N3O6S5. The van der Waals surface area contributed by atoms with Crippen LogP contribution in [0.4, 0.5) is 0 Å². The van der Waals surface area contributed by atoms with Crippen LogP contribution in [-0.2, 0) is 23.9 Å². The van der Waals surface area contributed by atoms with E-state index in [2.05, 4.69) is 10.6 Å². The predicted octanol–water partition coefficient (Wildman–Crippen LogP) is 3.75. The second-order valence-electron chi connectivity index (χ2n) is 8.84. The smallest absolute Gasteiger partial charge is 0.299 e. The first-order chi connectivity index (χ1) is 16.5. The summed E-state index contributed by atoms with van der Waals surface area (Å²) in [4.78, 5) is 49.2. The average molecular weight is 580 g/mol. The average Bonchev–Trinajstić information content (AvgIpc) is 3.02. The molecule has 0 aromatic rings. The van der Waals surface area contributed by atoms with E-state index in [1.807, 2.05) is 20.8 Å². The Morgan fingerprint density at radius 3 is 2.54 bits per heavy atom. The number of carbonyl (C=O) groups excluding carboxylic acids is 4. The first-order valence-corrected chi connectivity index (χ1v) is 16.4. The number of rotatable bonds is 9. The van der Waals surface area contributed by atoms with Gasteiger partial charge in [0.1, 0.15) is 19.1 Å². The van der Waals surface area contributed by atoms with E-state index in [4.69, 9.17) is 4.74 Å². The summed E-state index contributed by atoms with van der Waals surface area (Å²) in [6.45, 7) is 6.12. The predicted molar refractivity (Wildman–Crippen MR) is 145 cm³/mol. The number of ketones is 1. The zero-order valence-electron chi connectivity index (χ0n) is 19.6. The third-order valence-corrected chi connectivity index (χ3v) is 13.2. The Balaban J connectivity index is 1.42. The van der Waals surface area contributed by atoms with Crippen LogP contribution in [0.2, 0.25) is 0 Å². The van der Waals surface area contributed by atoms with Gasteiger partial charge in [-0.25, -0.2) is 0 Å². The Labute approximate surface area is 224 Å². The molecule has 2 bridgehead atoms. The van der Waals surface area contributed by atoms with Crippen LogP contribution in [0.25, 0.3) is 0 Å². The van der Waals surface area contributed by atoms with E-state index in [1.54, 1.807) is 10.8 Å². The lowest BCUT2D eigenvalue weighted by molar-refractivity contribution is -0.137. The maximum Gasteiger partial charge on any atom is 0.299 e. The highest BCUT2D eigenvalue weighted by Crippen LogP contribution is 2.56. The molecule has 3 unspecified atom stereocenters. The van der Waals surface area contributed by atoms with Crippen molar-refractivity contribution in [1.82, 2.24) is 15.5 Å². The highest BCUT2D eigenvalue weighted by atomic mass is 33.1. The maximum atomic E-state index is 13.1. The van der Waals surface area contributed by atoms with Crippen LogP contribution >= 0.6 is 54.9 Å². The van der Waals surface area contributed by atoms with Gasteiger partial charge in [0.15, 0.2) is 5.78 Å². The minimum Gasteiger partial charge on any atom is -0.480 e. The number of fused-ring (bicyclic) bond motifs is 3. The molecular weight excluding hydrogens is 551 g/mol. The molecule has 35 heavy (non-hydrogen) atoms. The largest absolute Gasteiger partial charge is 0.480 e. The second kappa shape index (κ2) is 13.0. The number of carbonyl (C=O) groups is 4. The van der Waals surface area contributed by atoms with Gasteiger partial charge < -0.3 is 15.2 Å². The van der Waals surface area contributed by atoms with E-state index >= 15 is 0 Å². The lowest BCUT2D eigenvalue weighted by atomic mass is 10.1. The van der Waals surface area contributed by atoms with Crippen LogP contribution in [0.3, 0.4) is 0 Å². The molecule has 0 radical (unpaired) electrons. The number of hydrogen-bond donors (Lipinski definition) is 3. The van der Waals surface area contributed by atoms with Crippen molar-refractivity contribution in [3.63, 3.8) is 0 Å². The summed E-state index contributed by atoms with van der Waals surface area (Å²) in [6.07, 6.45) is 4.55. The minimum atomic E-state index is -0.524. The van der Waals surface area contributed by atoms with Crippen molar-refractivity contribution in [3.8, 4) is 0 Å². The normalized spacial score (nSPS) is 26.4. The molecule has 2 saturated heterocycles. The van der Waals surface area contributed by atoms with E-state index in [1.165, 1.54) is 56.3 Å². The standard InChI is InChI=1S/C21H29N3O6S5/c1-21(2,3)30-17(29)19-31-20-23-12(16(28)18(32-34-19)33-35-20)6-4-5-10-22-13(25)9-11-24-14(26)7-8-15(24)27/h7-8,12,18,20,23,29H,4-6,9-11H2,1-3H3,(H,22,25). The number of ether oxygens (including phenoxy) is 1. The van der Waals surface area contributed by atoms with Crippen LogP contribution in [-0.4, -0.2) is 67.5 Å². The summed E-state index contributed by atoms with van der Waals surface area (Å²) in [5.41, 5.74) is -0.524. The van der Waals surface area contributed by atoms with Crippen molar-refractivity contribution in [2.45, 2.75) is 67.4 Å². The zero-order valence-corrected chi connectivity index (χ0v) is 23.7. The van der Waals surface area contributed by atoms with Crippen LogP contribution < -0.4 is 10.6 Å². The molecule has 3 aliphatic heterocycles. The third-order valence-electron chi connectivity index (χ3n) is 4.85. The minimum absolute atomic E-state index is 0.0629. The van der Waals surface area contributed by atoms with E-state index < -0.39 is 17.4 Å². The first-order valence-electron chi connectivity index (χ1n) is 11.1. The van der Waals surface area contributed by atoms with Gasteiger partial charge in [0.25, 0.3) is 17.8 Å². The SMILES string of the molecule is CC(C)(C)OC(O)=C1SSC2SSC(NC(CCCCNC(=O)CCN3C(=O)C=CC3=O)C2=O)S1. The summed E-state index contributed by atoms with van der Waals surface area (Å²) in [7, 11) is 5.91. The molecule has 194 valence electrons. The quantitative estimate of drug-likeness (QED) is 0.159. The Hall–Kier alpha value is -0.930. The number of aliphatic hydroxyl groups is 1. The van der Waals surface area contributed by atoms with E-state index in [0.29, 0.717) is 23.6 Å². The number of unbranched alkanes of at least 4 members (excludes halogenated alkanes) is 1. The summed E-state index contributed by atoms with van der Waals surface area (Å²) >= 11 is 1.45. The Bertz CT molecular complexity index is 888. The lowest BCUT2D eigenvalue weighted by Crippen LogP contribution is -2.41. The Kier molecular flexibility index (Phi) is 10.7. The molecule has 3 rings (SSSR count). The third kappa shape index (κ3) is 8.85. The number of amides is 3. The Morgan fingerprint density at radius 1 is 1.14 bits per heavy atom. The first kappa shape index (κ1) is 28.6. The molecule has 2 fully saturated rings. The number of aliphatic hydroxyl groups excluding tert-OH is 1. The fourth-order valence-corrected chi connectivity index (χ4v) is 11.7. The van der Waals surface area contributed by atoms with E-state index in [0.717, 1.165) is 11.3 Å². The highest BCUT2D eigenvalue weighted by molar-refractivity contribution is 8.89. The maximum absolute atomic E-state index is 13.1. The summed E-state index contributed by atoms with van der Waals surface area (Å²) in [6, 6.07) is -0.312. The molecule has 14 heteroatoms. The zero-order chi connectivity index (χ0) is 25.6. The monoisotopic (exact) mass is 579 g/mol. The molecule has 3 heterocycles. The molecule has 3 atom stereocenters. The molecule has 0 aliphatic carbocycles. The van der Waals surface area contributed by atoms with Crippen molar-refractivity contribution in [3.05, 3.63) is 22.3 Å². The molecule has 3 N–H and O–H groups in total. The van der Waals surface area contributed by atoms with Gasteiger partial charge in [-0.05, 0) is 50.8 Å². The Morgan fingerprint density at radius 2 is 1.86 bits per heavy atom. The number of nitrogens with zero attached hydrogens (tertiary/aromatic N) is 1. The number of thioether (sulfide) groups is 1. The molecule has 0 aromatic carbocycles. The van der Waals surface area contributed by atoms with Crippen molar-refractivity contribution in [2.24, 2.45) is 0 Å². The molecule has 0 spiro atoms. The summed E-state index contributed by atoms with van der Waals surface area (Å²) in [5.74, 6) is -1.00. The van der Waals surface area contributed by atoms with Gasteiger partial charge in [0, 0.05) is 31.7 Å². The van der Waals surface area contributed by atoms with Crippen molar-refractivity contribution in [2.75, 3.05) is 13.1 Å². The van der Waals surface area contributed by atoms with E-state index in [9.17, 15) is 24.3 Å². The van der Waals surface area contributed by atoms with Gasteiger partial charge in [-0.3, -0.25) is 29.4 Å². The van der Waals surface area contributed by atoms with Gasteiger partial charge in [0.2, 0.25) is 5.91 Å². The van der Waals surface area contributed by atoms with Crippen molar-refractivity contribution in [1.29, 1.82) is 0 Å². The number of nitrogens with one attached hydrogen (secondary N) is 2.